The van der Waals surface area contributed by atoms with Gasteiger partial charge in [0.15, 0.2) is 5.82 Å². The Balaban J connectivity index is 1.68. The van der Waals surface area contributed by atoms with Gasteiger partial charge in [-0.3, -0.25) is 9.67 Å². The van der Waals surface area contributed by atoms with E-state index in [1.165, 1.54) is 24.3 Å². The van der Waals surface area contributed by atoms with Gasteiger partial charge in [-0.2, -0.15) is 5.10 Å². The summed E-state index contributed by atoms with van der Waals surface area (Å²) >= 11 is 0. The van der Waals surface area contributed by atoms with Crippen LogP contribution in [0.2, 0.25) is 0 Å². The first-order valence-electron chi connectivity index (χ1n) is 11.9. The van der Waals surface area contributed by atoms with Crippen LogP contribution < -0.4 is 10.6 Å². The topological polar surface area (TPSA) is 60.0 Å². The maximum absolute atomic E-state index is 13.9. The molecule has 0 amide bonds. The number of aromatic nitrogens is 3. The van der Waals surface area contributed by atoms with Gasteiger partial charge in [0.25, 0.3) is 0 Å². The number of rotatable bonds is 6. The number of anilines is 1. The molecule has 1 aliphatic heterocycles. The molecule has 2 N–H and O–H groups in total. The summed E-state index contributed by atoms with van der Waals surface area (Å²) in [5.74, 6) is 0.120. The number of hydrogen-bond donors (Lipinski definition) is 1. The van der Waals surface area contributed by atoms with Gasteiger partial charge in [-0.25, -0.2) is 8.78 Å². The van der Waals surface area contributed by atoms with Gasteiger partial charge >= 0.3 is 0 Å². The van der Waals surface area contributed by atoms with E-state index >= 15 is 0 Å². The first kappa shape index (κ1) is 21.7. The lowest BCUT2D eigenvalue weighted by atomic mass is 9.78. The van der Waals surface area contributed by atoms with Crippen LogP contribution >= 0.6 is 0 Å². The van der Waals surface area contributed by atoms with Gasteiger partial charge in [0.1, 0.15) is 11.6 Å². The van der Waals surface area contributed by atoms with Gasteiger partial charge in [-0.1, -0.05) is 12.1 Å². The number of allylic oxidation sites excluding steroid dienone is 1. The molecule has 1 fully saturated rings. The van der Waals surface area contributed by atoms with Gasteiger partial charge in [-0.05, 0) is 83.6 Å². The standard InChI is InChI=1S/C28H25F2N5/c29-21-5-1-18(2-6-21)25-24-17-34(16-13-31)33-28(24)35(23-9-10-23)27(20-3-7-22(30)8-4-20)26(25)19-11-14-32-15-12-19/h1-8,11-12,14-15,17,23,25H,9-10,13,16,31H2. The maximum Gasteiger partial charge on any atom is 0.159 e. The number of benzene rings is 2. The molecule has 1 atom stereocenters. The van der Waals surface area contributed by atoms with Crippen LogP contribution in [0.15, 0.2) is 79.3 Å². The van der Waals surface area contributed by atoms with Gasteiger partial charge in [0.05, 0.1) is 12.2 Å². The number of fused-ring (bicyclic) bond motifs is 1. The molecule has 176 valence electrons. The zero-order chi connectivity index (χ0) is 23.9. The summed E-state index contributed by atoms with van der Waals surface area (Å²) in [6.45, 7) is 1.07. The first-order chi connectivity index (χ1) is 17.1. The Morgan fingerprint density at radius 1 is 0.857 bits per heavy atom. The monoisotopic (exact) mass is 469 g/mol. The number of hydrogen-bond acceptors (Lipinski definition) is 4. The summed E-state index contributed by atoms with van der Waals surface area (Å²) in [7, 11) is 0. The Morgan fingerprint density at radius 2 is 1.51 bits per heavy atom. The van der Waals surface area contributed by atoms with E-state index in [1.54, 1.807) is 12.4 Å². The van der Waals surface area contributed by atoms with Crippen LogP contribution in [0, 0.1) is 11.6 Å². The lowest BCUT2D eigenvalue weighted by Gasteiger charge is -2.38. The third-order valence-electron chi connectivity index (χ3n) is 6.68. The summed E-state index contributed by atoms with van der Waals surface area (Å²) in [4.78, 5) is 6.54. The third-order valence-corrected chi connectivity index (χ3v) is 6.68. The van der Waals surface area contributed by atoms with Gasteiger partial charge in [0.2, 0.25) is 0 Å². The van der Waals surface area contributed by atoms with E-state index in [0.717, 1.165) is 52.2 Å². The van der Waals surface area contributed by atoms with Crippen molar-refractivity contribution in [3.05, 3.63) is 113 Å². The number of nitrogens with zero attached hydrogens (tertiary/aromatic N) is 4. The van der Waals surface area contributed by atoms with Crippen LogP contribution in [0.1, 0.15) is 41.0 Å². The van der Waals surface area contributed by atoms with E-state index in [9.17, 15) is 8.78 Å². The summed E-state index contributed by atoms with van der Waals surface area (Å²) < 4.78 is 29.8. The minimum Gasteiger partial charge on any atom is -0.329 e. The SMILES string of the molecule is NCCn1cc2c(n1)N(C1CC1)C(c1ccc(F)cc1)=C(c1ccncc1)C2c1ccc(F)cc1. The summed E-state index contributed by atoms with van der Waals surface area (Å²) in [6, 6.07) is 17.6. The van der Waals surface area contributed by atoms with Crippen molar-refractivity contribution in [3.63, 3.8) is 0 Å². The van der Waals surface area contributed by atoms with Gasteiger partial charge < -0.3 is 10.6 Å². The molecule has 2 aromatic carbocycles. The Bertz CT molecular complexity index is 1370. The fourth-order valence-corrected chi connectivity index (χ4v) is 5.02. The quantitative estimate of drug-likeness (QED) is 0.422. The normalized spacial score (nSPS) is 17.6. The van der Waals surface area contributed by atoms with E-state index in [4.69, 9.17) is 10.8 Å². The second-order valence-electron chi connectivity index (χ2n) is 9.05. The summed E-state index contributed by atoms with van der Waals surface area (Å²) in [6.07, 6.45) is 7.73. The molecule has 6 rings (SSSR count). The second kappa shape index (κ2) is 8.74. The molecular weight excluding hydrogens is 444 g/mol. The van der Waals surface area contributed by atoms with E-state index < -0.39 is 0 Å². The first-order valence-corrected chi connectivity index (χ1v) is 11.9. The lowest BCUT2D eigenvalue weighted by molar-refractivity contribution is 0.623. The van der Waals surface area contributed by atoms with Crippen molar-refractivity contribution in [2.75, 3.05) is 11.4 Å². The maximum atomic E-state index is 13.9. The van der Waals surface area contributed by atoms with Crippen LogP contribution in [0.4, 0.5) is 14.6 Å². The molecule has 35 heavy (non-hydrogen) atoms. The molecule has 1 saturated carbocycles. The molecule has 0 saturated heterocycles. The smallest absolute Gasteiger partial charge is 0.159 e. The molecule has 2 aromatic heterocycles. The number of halogens is 2. The van der Waals surface area contributed by atoms with Crippen LogP contribution in [-0.2, 0) is 6.54 Å². The molecule has 0 spiro atoms. The largest absolute Gasteiger partial charge is 0.329 e. The van der Waals surface area contributed by atoms with Crippen LogP contribution in [0.3, 0.4) is 0 Å². The van der Waals surface area contributed by atoms with Gasteiger partial charge in [-0.15, -0.1) is 0 Å². The van der Waals surface area contributed by atoms with E-state index in [-0.39, 0.29) is 17.6 Å². The molecule has 4 aromatic rings. The van der Waals surface area contributed by atoms with Crippen molar-refractivity contribution in [2.45, 2.75) is 31.3 Å². The minimum atomic E-state index is -0.281. The second-order valence-corrected chi connectivity index (χ2v) is 9.05. The van der Waals surface area contributed by atoms with Crippen LogP contribution in [0.25, 0.3) is 11.3 Å². The number of nitrogens with two attached hydrogens (primary N) is 1. The average Bonchev–Trinajstić information content (AvgIpc) is 3.63. The summed E-state index contributed by atoms with van der Waals surface area (Å²) in [5.41, 5.74) is 11.9. The van der Waals surface area contributed by atoms with Crippen LogP contribution in [-0.4, -0.2) is 27.4 Å². The van der Waals surface area contributed by atoms with E-state index in [1.807, 2.05) is 41.1 Å². The molecule has 0 radical (unpaired) electrons. The van der Waals surface area contributed by atoms with E-state index in [0.29, 0.717) is 19.1 Å². The highest BCUT2D eigenvalue weighted by Gasteiger charge is 2.43. The van der Waals surface area contributed by atoms with Crippen molar-refractivity contribution in [1.82, 2.24) is 14.8 Å². The Labute approximate surface area is 202 Å². The van der Waals surface area contributed by atoms with Crippen molar-refractivity contribution < 1.29 is 8.78 Å². The van der Waals surface area contributed by atoms with Crippen molar-refractivity contribution in [2.24, 2.45) is 5.73 Å². The Hall–Kier alpha value is -3.84. The summed E-state index contributed by atoms with van der Waals surface area (Å²) in [5, 5.41) is 4.97. The highest BCUT2D eigenvalue weighted by molar-refractivity contribution is 6.04. The minimum absolute atomic E-state index is 0.199. The molecular formula is C28H25F2N5. The third kappa shape index (κ3) is 3.91. The fourth-order valence-electron chi connectivity index (χ4n) is 5.02. The molecule has 0 bridgehead atoms. The predicted octanol–water partition coefficient (Wildman–Crippen LogP) is 5.20. The molecule has 1 unspecified atom stereocenters. The zero-order valence-electron chi connectivity index (χ0n) is 19.1. The Kier molecular flexibility index (Phi) is 5.41. The average molecular weight is 470 g/mol. The van der Waals surface area contributed by atoms with Gasteiger partial charge in [0, 0.05) is 42.7 Å². The van der Waals surface area contributed by atoms with E-state index in [2.05, 4.69) is 16.1 Å². The molecule has 7 heteroatoms. The Morgan fingerprint density at radius 3 is 2.14 bits per heavy atom. The van der Waals surface area contributed by atoms with Crippen LogP contribution in [0.5, 0.6) is 0 Å². The zero-order valence-corrected chi connectivity index (χ0v) is 19.1. The molecule has 2 aliphatic rings. The molecule has 5 nitrogen and oxygen atoms in total. The highest BCUT2D eigenvalue weighted by atomic mass is 19.1. The lowest BCUT2D eigenvalue weighted by Crippen LogP contribution is -2.31. The fraction of sp³-hybridized carbons (Fsp3) is 0.214. The highest BCUT2D eigenvalue weighted by Crippen LogP contribution is 2.53. The van der Waals surface area contributed by atoms with Crippen molar-refractivity contribution in [1.29, 1.82) is 0 Å². The van der Waals surface area contributed by atoms with Crippen molar-refractivity contribution in [3.8, 4) is 0 Å². The molecule has 3 heterocycles. The predicted molar refractivity (Wildman–Crippen MR) is 132 cm³/mol. The molecule has 1 aliphatic carbocycles. The number of pyridine rings is 1. The van der Waals surface area contributed by atoms with Crippen molar-refractivity contribution >= 4 is 17.1 Å².